The minimum Gasteiger partial charge on any atom is -0.507 e. The Hall–Kier alpha value is -2.93. The second kappa shape index (κ2) is 10.1. The first-order valence-corrected chi connectivity index (χ1v) is 12.8. The number of nitriles is 1. The molecule has 4 rings (SSSR count). The molecule has 0 spiro atoms. The van der Waals surface area contributed by atoms with Crippen molar-refractivity contribution in [1.29, 1.82) is 5.26 Å². The Labute approximate surface area is 204 Å². The Bertz CT molecular complexity index is 1080. The summed E-state index contributed by atoms with van der Waals surface area (Å²) < 4.78 is 6.44. The molecule has 2 unspecified atom stereocenters. The van der Waals surface area contributed by atoms with Gasteiger partial charge in [0.1, 0.15) is 17.1 Å². The van der Waals surface area contributed by atoms with Gasteiger partial charge in [0.25, 0.3) is 0 Å². The molecule has 0 aromatic heterocycles. The van der Waals surface area contributed by atoms with E-state index in [2.05, 4.69) is 70.3 Å². The summed E-state index contributed by atoms with van der Waals surface area (Å²) in [5.41, 5.74) is 5.15. The average Bonchev–Trinajstić information content (AvgIpc) is 2.82. The fourth-order valence-electron chi connectivity index (χ4n) is 5.54. The van der Waals surface area contributed by atoms with Crippen molar-refractivity contribution in [3.63, 3.8) is 0 Å². The summed E-state index contributed by atoms with van der Waals surface area (Å²) in [6.07, 6.45) is 9.07. The van der Waals surface area contributed by atoms with E-state index in [4.69, 9.17) is 4.74 Å². The van der Waals surface area contributed by atoms with Crippen LogP contribution in [0.15, 0.2) is 48.0 Å². The number of hydrogen-bond donors (Lipinski definition) is 1. The van der Waals surface area contributed by atoms with Crippen LogP contribution in [0, 0.1) is 17.4 Å². The molecule has 2 aromatic carbocycles. The first-order chi connectivity index (χ1) is 16.3. The number of aryl methyl sites for hydroxylation is 1. The van der Waals surface area contributed by atoms with Crippen molar-refractivity contribution in [3.05, 3.63) is 64.7 Å². The molecule has 0 saturated carbocycles. The fourth-order valence-corrected chi connectivity index (χ4v) is 5.54. The van der Waals surface area contributed by atoms with Crippen LogP contribution < -0.4 is 4.74 Å². The van der Waals surface area contributed by atoms with Crippen LogP contribution in [-0.2, 0) is 6.42 Å². The van der Waals surface area contributed by atoms with Crippen LogP contribution >= 0.6 is 0 Å². The van der Waals surface area contributed by atoms with E-state index in [0.29, 0.717) is 24.9 Å². The third-order valence-corrected chi connectivity index (χ3v) is 7.83. The number of phenols is 1. The third kappa shape index (κ3) is 5.09. The van der Waals surface area contributed by atoms with Gasteiger partial charge in [-0.1, -0.05) is 63.4 Å². The van der Waals surface area contributed by atoms with Gasteiger partial charge >= 0.3 is 0 Å². The summed E-state index contributed by atoms with van der Waals surface area (Å²) in [5, 5.41) is 20.5. The molecule has 1 N–H and O–H groups in total. The molecule has 2 heterocycles. The Morgan fingerprint density at radius 1 is 1.12 bits per heavy atom. The van der Waals surface area contributed by atoms with Crippen LogP contribution in [0.5, 0.6) is 11.5 Å². The summed E-state index contributed by atoms with van der Waals surface area (Å²) in [6.45, 7) is 10.0. The molecule has 34 heavy (non-hydrogen) atoms. The highest BCUT2D eigenvalue weighted by atomic mass is 16.5. The largest absolute Gasteiger partial charge is 0.507 e. The van der Waals surface area contributed by atoms with Crippen LogP contribution in [0.4, 0.5) is 0 Å². The molecule has 4 nitrogen and oxygen atoms in total. The zero-order chi connectivity index (χ0) is 24.3. The fraction of sp³-hybridized carbons (Fsp3) is 0.500. The second-order valence-corrected chi connectivity index (χ2v) is 10.6. The number of ether oxygens (including phenoxy) is 1. The molecule has 0 amide bonds. The maximum absolute atomic E-state index is 11.1. The zero-order valence-electron chi connectivity index (χ0n) is 21.1. The lowest BCUT2D eigenvalue weighted by Crippen LogP contribution is -2.41. The summed E-state index contributed by atoms with van der Waals surface area (Å²) in [4.78, 5) is 1.76. The van der Waals surface area contributed by atoms with Crippen molar-refractivity contribution >= 4 is 5.57 Å². The van der Waals surface area contributed by atoms with E-state index in [-0.39, 0.29) is 5.75 Å². The third-order valence-electron chi connectivity index (χ3n) is 7.83. The quantitative estimate of drug-likeness (QED) is 0.340. The lowest BCUT2D eigenvalue weighted by molar-refractivity contribution is 0.134. The highest BCUT2D eigenvalue weighted by molar-refractivity contribution is 5.82. The van der Waals surface area contributed by atoms with Crippen molar-refractivity contribution in [2.75, 3.05) is 13.1 Å². The van der Waals surface area contributed by atoms with Gasteiger partial charge in [0.15, 0.2) is 6.19 Å². The molecule has 2 aromatic rings. The predicted molar refractivity (Wildman–Crippen MR) is 138 cm³/mol. The van der Waals surface area contributed by atoms with Crippen LogP contribution in [0.3, 0.4) is 0 Å². The van der Waals surface area contributed by atoms with Crippen LogP contribution in [-0.4, -0.2) is 28.7 Å². The van der Waals surface area contributed by atoms with E-state index < -0.39 is 5.60 Å². The molecule has 180 valence electrons. The molecule has 0 aliphatic carbocycles. The van der Waals surface area contributed by atoms with E-state index in [1.807, 2.05) is 6.07 Å². The van der Waals surface area contributed by atoms with Gasteiger partial charge in [0.2, 0.25) is 0 Å². The van der Waals surface area contributed by atoms with Gasteiger partial charge in [-0.15, -0.1) is 0 Å². The lowest BCUT2D eigenvalue weighted by Gasteiger charge is -2.41. The number of hydrogen-bond acceptors (Lipinski definition) is 4. The second-order valence-electron chi connectivity index (χ2n) is 10.6. The molecule has 0 bridgehead atoms. The molecule has 0 radical (unpaired) electrons. The van der Waals surface area contributed by atoms with Gasteiger partial charge in [-0.05, 0) is 79.4 Å². The van der Waals surface area contributed by atoms with E-state index in [1.54, 1.807) is 4.90 Å². The van der Waals surface area contributed by atoms with Crippen LogP contribution in [0.1, 0.15) is 82.4 Å². The standard InChI is InChI=1S/C30H38N2O2/c1-21(11-7-5-8-12-23-13-9-6-10-14-23)22(2)24-17-27(33)29-25-19-32(20-31)16-15-26(25)30(3,4)34-28(29)18-24/h6,9-10,13-14,17-18,21-22,33H,5,7-8,11-12,15-16,19H2,1-4H3. The summed E-state index contributed by atoms with van der Waals surface area (Å²) >= 11 is 0. The molecule has 0 fully saturated rings. The molecular formula is C30H38N2O2. The number of fused-ring (bicyclic) bond motifs is 2. The topological polar surface area (TPSA) is 56.5 Å². The van der Waals surface area contributed by atoms with Gasteiger partial charge in [-0.2, -0.15) is 5.26 Å². The van der Waals surface area contributed by atoms with Crippen molar-refractivity contribution in [2.24, 2.45) is 5.92 Å². The van der Waals surface area contributed by atoms with Gasteiger partial charge < -0.3 is 14.7 Å². The highest BCUT2D eigenvalue weighted by Crippen LogP contribution is 2.49. The Kier molecular flexibility index (Phi) is 7.22. The van der Waals surface area contributed by atoms with Crippen molar-refractivity contribution < 1.29 is 9.84 Å². The minimum absolute atomic E-state index is 0.275. The first-order valence-electron chi connectivity index (χ1n) is 12.8. The van der Waals surface area contributed by atoms with Crippen molar-refractivity contribution in [3.8, 4) is 17.7 Å². The zero-order valence-corrected chi connectivity index (χ0v) is 21.1. The van der Waals surface area contributed by atoms with Gasteiger partial charge in [0, 0.05) is 6.54 Å². The summed E-state index contributed by atoms with van der Waals surface area (Å²) in [6, 6.07) is 14.8. The number of benzene rings is 2. The number of rotatable bonds is 8. The van der Waals surface area contributed by atoms with E-state index in [0.717, 1.165) is 35.3 Å². The first kappa shape index (κ1) is 24.2. The number of unbranched alkanes of at least 4 members (excludes halogenated alkanes) is 2. The Balaban J connectivity index is 1.43. The van der Waals surface area contributed by atoms with Gasteiger partial charge in [-0.25, -0.2) is 0 Å². The van der Waals surface area contributed by atoms with Gasteiger partial charge in [-0.3, -0.25) is 0 Å². The lowest BCUT2D eigenvalue weighted by atomic mass is 9.79. The predicted octanol–water partition coefficient (Wildman–Crippen LogP) is 7.05. The smallest absolute Gasteiger partial charge is 0.179 e. The van der Waals surface area contributed by atoms with E-state index in [1.165, 1.54) is 36.8 Å². The SMILES string of the molecule is CC(CCCCCc1ccccc1)C(C)c1cc(O)c2c(c1)OC(C)(C)C1=C2CN(C#N)CC1. The van der Waals surface area contributed by atoms with Crippen molar-refractivity contribution in [1.82, 2.24) is 4.90 Å². The van der Waals surface area contributed by atoms with Gasteiger partial charge in [0.05, 0.1) is 12.1 Å². The molecule has 2 aliphatic rings. The van der Waals surface area contributed by atoms with Crippen LogP contribution in [0.25, 0.3) is 5.57 Å². The molecule has 2 aliphatic heterocycles. The van der Waals surface area contributed by atoms with Crippen LogP contribution in [0.2, 0.25) is 0 Å². The normalized spacial score (nSPS) is 18.4. The maximum Gasteiger partial charge on any atom is 0.179 e. The van der Waals surface area contributed by atoms with E-state index >= 15 is 0 Å². The summed E-state index contributed by atoms with van der Waals surface area (Å²) in [5.74, 6) is 1.87. The molecule has 2 atom stereocenters. The summed E-state index contributed by atoms with van der Waals surface area (Å²) in [7, 11) is 0. The monoisotopic (exact) mass is 458 g/mol. The number of aromatic hydroxyl groups is 1. The molecule has 0 saturated heterocycles. The molecule has 4 heteroatoms. The van der Waals surface area contributed by atoms with Crippen molar-refractivity contribution in [2.45, 2.75) is 77.7 Å². The Morgan fingerprint density at radius 2 is 1.88 bits per heavy atom. The van der Waals surface area contributed by atoms with E-state index in [9.17, 15) is 10.4 Å². The highest BCUT2D eigenvalue weighted by Gasteiger charge is 2.39. The Morgan fingerprint density at radius 3 is 2.62 bits per heavy atom. The maximum atomic E-state index is 11.1. The average molecular weight is 459 g/mol. The molecular weight excluding hydrogens is 420 g/mol. The number of nitrogens with zero attached hydrogens (tertiary/aromatic N) is 2. The minimum atomic E-state index is -0.428. The number of phenolic OH excluding ortho intramolecular Hbond substituents is 1.